The summed E-state index contributed by atoms with van der Waals surface area (Å²) in [5.41, 5.74) is -3.13. The second kappa shape index (κ2) is 25.3. The zero-order chi connectivity index (χ0) is 56.8. The molecule has 0 spiro atoms. The van der Waals surface area contributed by atoms with Gasteiger partial charge in [-0.15, -0.1) is 0 Å². The van der Waals surface area contributed by atoms with Crippen molar-refractivity contribution in [3.63, 3.8) is 0 Å². The number of unbranched alkanes of at least 4 members (excludes halogenated alkanes) is 1. The van der Waals surface area contributed by atoms with Crippen molar-refractivity contribution in [1.82, 2.24) is 24.4 Å². The monoisotopic (exact) mass is 1120 g/mol. The summed E-state index contributed by atoms with van der Waals surface area (Å²) >= 11 is 0. The van der Waals surface area contributed by atoms with Gasteiger partial charge in [-0.05, 0) is 53.7 Å². The molecule has 1 amide bonds. The van der Waals surface area contributed by atoms with Crippen molar-refractivity contribution in [3.8, 4) is 0 Å². The third-order valence-corrected chi connectivity index (χ3v) is 26.6. The van der Waals surface area contributed by atoms with Crippen LogP contribution in [0.4, 0.5) is 10.5 Å². The molecule has 0 radical (unpaired) electrons. The minimum absolute atomic E-state index is 0.0458. The quantitative estimate of drug-likeness (QED) is 0.0190. The number of nitrogens with one attached hydrogen (secondary N) is 3. The Bertz CT molecular complexity index is 2790. The van der Waals surface area contributed by atoms with Gasteiger partial charge in [0.2, 0.25) is 8.32 Å². The van der Waals surface area contributed by atoms with Gasteiger partial charge in [0.1, 0.15) is 31.0 Å². The van der Waals surface area contributed by atoms with Gasteiger partial charge in [0.25, 0.3) is 22.7 Å². The van der Waals surface area contributed by atoms with Gasteiger partial charge in [0.05, 0.1) is 17.6 Å². The number of benzene rings is 1. The Morgan fingerprint density at radius 2 is 1.37 bits per heavy atom. The molecular weight excluding hydrogens is 1040 g/mol. The summed E-state index contributed by atoms with van der Waals surface area (Å²) in [6.45, 7) is 28.3. The number of nitro benzene ring substituents is 1. The first kappa shape index (κ1) is 62.0. The van der Waals surface area contributed by atoms with Crippen LogP contribution in [-0.4, -0.2) is 116 Å². The largest absolute Gasteiger partial charge is 0.508 e. The summed E-state index contributed by atoms with van der Waals surface area (Å²) in [6, 6.07) is 6.37. The van der Waals surface area contributed by atoms with E-state index in [2.05, 4.69) is 15.3 Å². The molecule has 2 aliphatic heterocycles. The summed E-state index contributed by atoms with van der Waals surface area (Å²) in [4.78, 5) is 94.5. The number of nitrogens with zero attached hydrogens (tertiary/aromatic N) is 3. The number of carbonyl (C=O) groups is 2. The van der Waals surface area contributed by atoms with Crippen molar-refractivity contribution >= 4 is 42.0 Å². The summed E-state index contributed by atoms with van der Waals surface area (Å²) < 4.78 is 68.8. The number of aromatic amines is 2. The Hall–Kier alpha value is -4.86. The van der Waals surface area contributed by atoms with Crippen LogP contribution >= 0.6 is 7.60 Å². The van der Waals surface area contributed by atoms with Crippen molar-refractivity contribution in [1.29, 1.82) is 0 Å². The number of nitro groups is 1. The van der Waals surface area contributed by atoms with Crippen molar-refractivity contribution in [2.75, 3.05) is 26.4 Å². The van der Waals surface area contributed by atoms with Gasteiger partial charge in [-0.3, -0.25) is 52.7 Å². The van der Waals surface area contributed by atoms with E-state index in [0.717, 1.165) is 23.5 Å². The predicted molar refractivity (Wildman–Crippen MR) is 288 cm³/mol. The molecule has 0 aliphatic carbocycles. The number of aromatic nitrogens is 4. The van der Waals surface area contributed by atoms with Crippen LogP contribution in [0.2, 0.25) is 34.8 Å². The normalized spacial score (nSPS) is 23.4. The highest BCUT2D eigenvalue weighted by Crippen LogP contribution is 2.53. The number of amides is 1. The maximum absolute atomic E-state index is 14.9. The lowest BCUT2D eigenvalue weighted by Gasteiger charge is -2.45. The van der Waals surface area contributed by atoms with Crippen LogP contribution in [0, 0.1) is 10.1 Å². The highest BCUT2D eigenvalue weighted by Gasteiger charge is 2.57. The van der Waals surface area contributed by atoms with Crippen LogP contribution in [0.5, 0.6) is 0 Å². The molecule has 3 aromatic rings. The van der Waals surface area contributed by atoms with Gasteiger partial charge < -0.3 is 37.6 Å². The molecule has 26 heteroatoms. The first-order valence-corrected chi connectivity index (χ1v) is 33.0. The van der Waals surface area contributed by atoms with Gasteiger partial charge in [0.15, 0.2) is 26.9 Å². The Labute approximate surface area is 445 Å². The van der Waals surface area contributed by atoms with E-state index in [-0.39, 0.29) is 38.5 Å². The van der Waals surface area contributed by atoms with Gasteiger partial charge in [0, 0.05) is 60.8 Å². The molecule has 23 nitrogen and oxygen atoms in total. The molecule has 1 aromatic carbocycles. The summed E-state index contributed by atoms with van der Waals surface area (Å²) in [5, 5.41) is 14.7. The molecule has 10 atom stereocenters. The third-order valence-electron chi connectivity index (χ3n) is 14.8. The Morgan fingerprint density at radius 1 is 0.829 bits per heavy atom. The molecule has 4 unspecified atom stereocenters. The standard InChI is InChI=1S/C50H79N6O17PSi2/c1-16-18-23-51-44(59)33-19-20-34(35(26-33)56(63)64)32(9)27-66-49(62)70-40-37(69-45(54-24-21-38(57)52-47(54)60)42(40)73-76(29(3)4,30(5)6)31(7)8)28-67-74(13,65)71-41-36(17-2)68-46(55-25-22-39(58)53-48(55)61)43(41)72-75(14,15)50(10,11)12/h19-22,24-26,29-32,36-37,40-43,45-46H,16-18,23,27-28H2,1-15H3,(H,51,59)(H,52,57,60)(H,53,58,61)/t32?,36-,37-,40?,41?,42+,43+,45-,46-,74?/m1/s1. The predicted octanol–water partition coefficient (Wildman–Crippen LogP) is 8.23. The zero-order valence-corrected chi connectivity index (χ0v) is 49.3. The fourth-order valence-corrected chi connectivity index (χ4v) is 17.9. The Morgan fingerprint density at radius 3 is 1.86 bits per heavy atom. The Kier molecular flexibility index (Phi) is 20.6. The summed E-state index contributed by atoms with van der Waals surface area (Å²) in [5.74, 6) is -1.25. The average Bonchev–Trinajstić information content (AvgIpc) is 3.82. The number of H-pyrrole nitrogens is 2. The number of ether oxygens (including phenoxy) is 4. The highest BCUT2D eigenvalue weighted by molar-refractivity contribution is 7.53. The molecule has 2 aromatic heterocycles. The lowest BCUT2D eigenvalue weighted by atomic mass is 9.98. The zero-order valence-electron chi connectivity index (χ0n) is 46.4. The maximum atomic E-state index is 14.9. The minimum Gasteiger partial charge on any atom is -0.434 e. The van der Waals surface area contributed by atoms with E-state index in [1.165, 1.54) is 47.9 Å². The molecule has 424 valence electrons. The molecule has 0 saturated carbocycles. The fraction of sp³-hybridized carbons (Fsp3) is 0.680. The second-order valence-corrected chi connectivity index (χ2v) is 34.3. The van der Waals surface area contributed by atoms with E-state index in [4.69, 9.17) is 36.8 Å². The lowest BCUT2D eigenvalue weighted by Crippen LogP contribution is -2.54. The third kappa shape index (κ3) is 14.2. The molecule has 76 heavy (non-hydrogen) atoms. The highest BCUT2D eigenvalue weighted by atomic mass is 31.2. The van der Waals surface area contributed by atoms with E-state index in [9.17, 15) is 43.4 Å². The van der Waals surface area contributed by atoms with Crippen LogP contribution < -0.4 is 27.8 Å². The first-order chi connectivity index (χ1) is 35.4. The van der Waals surface area contributed by atoms with Crippen LogP contribution in [-0.2, 0) is 41.4 Å². The molecule has 2 fully saturated rings. The summed E-state index contributed by atoms with van der Waals surface area (Å²) in [6.07, 6.45) is -6.34. The molecule has 3 N–H and O–H groups in total. The van der Waals surface area contributed by atoms with Gasteiger partial charge in [-0.2, -0.15) is 0 Å². The van der Waals surface area contributed by atoms with E-state index in [1.807, 2.05) is 89.3 Å². The van der Waals surface area contributed by atoms with Crippen molar-refractivity contribution in [3.05, 3.63) is 106 Å². The van der Waals surface area contributed by atoms with E-state index in [1.54, 1.807) is 6.92 Å². The smallest absolute Gasteiger partial charge is 0.434 e. The van der Waals surface area contributed by atoms with Crippen LogP contribution in [0.15, 0.2) is 61.9 Å². The summed E-state index contributed by atoms with van der Waals surface area (Å²) in [7, 11) is -9.97. The molecule has 2 aliphatic rings. The second-order valence-electron chi connectivity index (χ2n) is 22.1. The van der Waals surface area contributed by atoms with Gasteiger partial charge in [-0.1, -0.05) is 95.6 Å². The minimum atomic E-state index is -4.26. The van der Waals surface area contributed by atoms with Crippen molar-refractivity contribution in [2.24, 2.45) is 0 Å². The number of hydrogen-bond donors (Lipinski definition) is 3. The topological polar surface area (TPSA) is 290 Å². The fourth-order valence-electron chi connectivity index (χ4n) is 9.89. The molecular formula is C50H79N6O17PSi2. The van der Waals surface area contributed by atoms with Crippen molar-refractivity contribution < 1.29 is 55.9 Å². The maximum Gasteiger partial charge on any atom is 0.508 e. The van der Waals surface area contributed by atoms with Crippen LogP contribution in [0.3, 0.4) is 0 Å². The lowest BCUT2D eigenvalue weighted by molar-refractivity contribution is -0.385. The average molecular weight is 1120 g/mol. The SMILES string of the molecule is CCCCNC(=O)c1ccc(C(C)COC(=O)OC2[C@@H](COP(C)(=O)OC3[C@@H](CC)O[C@@H](n4ccc(=O)[nH]c4=O)[C@H]3O[Si](C)(C)C(C)(C)C)O[C@@H](n3ccc(=O)[nH]c3=O)[C@H]2O[Si](C(C)C)(C(C)C)C(C)C)c([N+](=O)[O-])c1. The van der Waals surface area contributed by atoms with E-state index >= 15 is 0 Å². The van der Waals surface area contributed by atoms with Gasteiger partial charge >= 0.3 is 25.1 Å². The van der Waals surface area contributed by atoms with Gasteiger partial charge in [-0.25, -0.2) is 14.4 Å². The van der Waals surface area contributed by atoms with E-state index in [0.29, 0.717) is 13.0 Å². The molecule has 2 saturated heterocycles. The first-order valence-electron chi connectivity index (χ1n) is 26.0. The Balaban J connectivity index is 1.52. The molecule has 0 bridgehead atoms. The molecule has 4 heterocycles. The number of hydrogen-bond acceptors (Lipinski definition) is 17. The van der Waals surface area contributed by atoms with Crippen molar-refractivity contribution in [2.45, 2.75) is 192 Å². The number of rotatable bonds is 24. The van der Waals surface area contributed by atoms with Crippen LogP contribution in [0.1, 0.15) is 137 Å². The molecule has 5 rings (SSSR count). The van der Waals surface area contributed by atoms with Crippen LogP contribution in [0.25, 0.3) is 0 Å². The van der Waals surface area contributed by atoms with E-state index < -0.39 is 132 Å². The number of carbonyl (C=O) groups excluding carboxylic acids is 2.